The van der Waals surface area contributed by atoms with Crippen molar-refractivity contribution in [2.45, 2.75) is 52.2 Å². The Hall–Kier alpha value is -0.900. The lowest BCUT2D eigenvalue weighted by Gasteiger charge is -2.38. The van der Waals surface area contributed by atoms with E-state index in [1.807, 2.05) is 0 Å². The zero-order valence-electron chi connectivity index (χ0n) is 12.2. The molecule has 0 aliphatic carbocycles. The first-order chi connectivity index (χ1) is 8.54. The SMILES string of the molecule is CCC(CC)(OC)C(NN)c1ccc(C)c(C)c1. The average Bonchev–Trinajstić information content (AvgIpc) is 2.40. The number of hydrogen-bond acceptors (Lipinski definition) is 3. The third kappa shape index (κ3) is 2.74. The molecule has 0 amide bonds. The van der Waals surface area contributed by atoms with Gasteiger partial charge in [0.1, 0.15) is 0 Å². The van der Waals surface area contributed by atoms with E-state index in [1.165, 1.54) is 16.7 Å². The van der Waals surface area contributed by atoms with Gasteiger partial charge in [-0.25, -0.2) is 0 Å². The predicted octanol–water partition coefficient (Wildman–Crippen LogP) is 3.01. The number of benzene rings is 1. The van der Waals surface area contributed by atoms with Crippen molar-refractivity contribution < 1.29 is 4.74 Å². The molecule has 1 aromatic rings. The summed E-state index contributed by atoms with van der Waals surface area (Å²) in [4.78, 5) is 0. The number of hydrazine groups is 1. The summed E-state index contributed by atoms with van der Waals surface area (Å²) < 4.78 is 5.77. The van der Waals surface area contributed by atoms with Crippen LogP contribution in [0.1, 0.15) is 49.4 Å². The first-order valence-corrected chi connectivity index (χ1v) is 6.63. The van der Waals surface area contributed by atoms with Gasteiger partial charge in [0.15, 0.2) is 0 Å². The van der Waals surface area contributed by atoms with Gasteiger partial charge in [-0.2, -0.15) is 0 Å². The molecule has 102 valence electrons. The topological polar surface area (TPSA) is 47.3 Å². The molecule has 3 nitrogen and oxygen atoms in total. The van der Waals surface area contributed by atoms with Crippen molar-refractivity contribution >= 4 is 0 Å². The summed E-state index contributed by atoms with van der Waals surface area (Å²) in [7, 11) is 1.76. The minimum absolute atomic E-state index is 0.0109. The van der Waals surface area contributed by atoms with Crippen LogP contribution in [0.4, 0.5) is 0 Å². The van der Waals surface area contributed by atoms with Crippen LogP contribution in [0.3, 0.4) is 0 Å². The fourth-order valence-corrected chi connectivity index (χ4v) is 2.56. The van der Waals surface area contributed by atoms with Crippen LogP contribution in [0, 0.1) is 13.8 Å². The second kappa shape index (κ2) is 6.32. The maximum Gasteiger partial charge on any atom is 0.0880 e. The smallest absolute Gasteiger partial charge is 0.0880 e. The third-order valence-electron chi connectivity index (χ3n) is 4.16. The zero-order valence-corrected chi connectivity index (χ0v) is 12.2. The molecule has 0 bridgehead atoms. The van der Waals surface area contributed by atoms with Crippen molar-refractivity contribution in [2.24, 2.45) is 5.84 Å². The van der Waals surface area contributed by atoms with Gasteiger partial charge in [0.25, 0.3) is 0 Å². The summed E-state index contributed by atoms with van der Waals surface area (Å²) in [5.41, 5.74) is 6.45. The Bertz CT molecular complexity index is 378. The average molecular weight is 250 g/mol. The van der Waals surface area contributed by atoms with Crippen molar-refractivity contribution in [1.29, 1.82) is 0 Å². The summed E-state index contributed by atoms with van der Waals surface area (Å²) in [6.45, 7) is 8.52. The quantitative estimate of drug-likeness (QED) is 0.602. The van der Waals surface area contributed by atoms with Gasteiger partial charge >= 0.3 is 0 Å². The number of methoxy groups -OCH3 is 1. The molecule has 18 heavy (non-hydrogen) atoms. The Kier molecular flexibility index (Phi) is 5.32. The third-order valence-corrected chi connectivity index (χ3v) is 4.16. The van der Waals surface area contributed by atoms with E-state index < -0.39 is 0 Å². The van der Waals surface area contributed by atoms with Crippen molar-refractivity contribution in [1.82, 2.24) is 5.43 Å². The van der Waals surface area contributed by atoms with Gasteiger partial charge < -0.3 is 4.74 Å². The molecule has 0 aliphatic rings. The minimum atomic E-state index is -0.254. The monoisotopic (exact) mass is 250 g/mol. The normalized spacial score (nSPS) is 13.7. The summed E-state index contributed by atoms with van der Waals surface area (Å²) >= 11 is 0. The lowest BCUT2D eigenvalue weighted by Crippen LogP contribution is -2.47. The number of nitrogens with one attached hydrogen (secondary N) is 1. The van der Waals surface area contributed by atoms with E-state index in [9.17, 15) is 0 Å². The standard InChI is InChI=1S/C15H26N2O/c1-6-15(7-2,18-5)14(17-16)13-9-8-11(3)12(4)10-13/h8-10,14,17H,6-7,16H2,1-5H3. The molecule has 3 N–H and O–H groups in total. The van der Waals surface area contributed by atoms with E-state index in [0.717, 1.165) is 12.8 Å². The zero-order chi connectivity index (χ0) is 13.8. The highest BCUT2D eigenvalue weighted by Crippen LogP contribution is 2.34. The molecule has 0 fully saturated rings. The fraction of sp³-hybridized carbons (Fsp3) is 0.600. The predicted molar refractivity (Wildman–Crippen MR) is 76.3 cm³/mol. The molecule has 1 atom stereocenters. The van der Waals surface area contributed by atoms with Gasteiger partial charge in [0.05, 0.1) is 11.6 Å². The maximum absolute atomic E-state index is 5.78. The Balaban J connectivity index is 3.19. The Morgan fingerprint density at radius 1 is 1.22 bits per heavy atom. The summed E-state index contributed by atoms with van der Waals surface area (Å²) in [5, 5.41) is 0. The van der Waals surface area contributed by atoms with Crippen LogP contribution in [0.15, 0.2) is 18.2 Å². The molecule has 1 rings (SSSR count). The van der Waals surface area contributed by atoms with E-state index in [0.29, 0.717) is 0 Å². The number of aryl methyl sites for hydroxylation is 2. The van der Waals surface area contributed by atoms with Crippen LogP contribution >= 0.6 is 0 Å². The highest BCUT2D eigenvalue weighted by molar-refractivity contribution is 5.33. The molecule has 0 saturated carbocycles. The highest BCUT2D eigenvalue weighted by atomic mass is 16.5. The van der Waals surface area contributed by atoms with Gasteiger partial charge in [-0.1, -0.05) is 32.0 Å². The second-order valence-corrected chi connectivity index (χ2v) is 4.92. The number of rotatable bonds is 6. The highest BCUT2D eigenvalue weighted by Gasteiger charge is 2.36. The van der Waals surface area contributed by atoms with Gasteiger partial charge in [-0.3, -0.25) is 11.3 Å². The first-order valence-electron chi connectivity index (χ1n) is 6.63. The van der Waals surface area contributed by atoms with Gasteiger partial charge in [0.2, 0.25) is 0 Å². The van der Waals surface area contributed by atoms with Crippen LogP contribution < -0.4 is 11.3 Å². The van der Waals surface area contributed by atoms with E-state index in [1.54, 1.807) is 7.11 Å². The molecule has 0 aromatic heterocycles. The van der Waals surface area contributed by atoms with Crippen LogP contribution in [0.2, 0.25) is 0 Å². The van der Waals surface area contributed by atoms with Crippen LogP contribution in [0.25, 0.3) is 0 Å². The number of ether oxygens (including phenoxy) is 1. The molecule has 0 aliphatic heterocycles. The van der Waals surface area contributed by atoms with Gasteiger partial charge in [-0.15, -0.1) is 0 Å². The number of hydrogen-bond donors (Lipinski definition) is 2. The Morgan fingerprint density at radius 3 is 2.22 bits per heavy atom. The van der Waals surface area contributed by atoms with E-state index in [4.69, 9.17) is 10.6 Å². The summed E-state index contributed by atoms with van der Waals surface area (Å²) in [6.07, 6.45) is 1.84. The first kappa shape index (κ1) is 15.2. The molecule has 1 unspecified atom stereocenters. The van der Waals surface area contributed by atoms with Gasteiger partial charge in [0, 0.05) is 7.11 Å². The minimum Gasteiger partial charge on any atom is -0.376 e. The molecule has 0 heterocycles. The van der Waals surface area contributed by atoms with E-state index in [2.05, 4.69) is 51.3 Å². The van der Waals surface area contributed by atoms with E-state index >= 15 is 0 Å². The van der Waals surface area contributed by atoms with Crippen LogP contribution in [-0.4, -0.2) is 12.7 Å². The second-order valence-electron chi connectivity index (χ2n) is 4.92. The molecule has 3 heteroatoms. The molecular weight excluding hydrogens is 224 g/mol. The van der Waals surface area contributed by atoms with E-state index in [-0.39, 0.29) is 11.6 Å². The summed E-state index contributed by atoms with van der Waals surface area (Å²) in [5.74, 6) is 5.78. The fourth-order valence-electron chi connectivity index (χ4n) is 2.56. The largest absolute Gasteiger partial charge is 0.376 e. The van der Waals surface area contributed by atoms with Crippen molar-refractivity contribution in [3.63, 3.8) is 0 Å². The molecule has 0 radical (unpaired) electrons. The van der Waals surface area contributed by atoms with Gasteiger partial charge in [-0.05, 0) is 43.4 Å². The molecular formula is C15H26N2O. The Labute approximate surface area is 111 Å². The van der Waals surface area contributed by atoms with Crippen LogP contribution in [-0.2, 0) is 4.74 Å². The maximum atomic E-state index is 5.78. The molecule has 0 spiro atoms. The molecule has 1 aromatic carbocycles. The van der Waals surface area contributed by atoms with Crippen molar-refractivity contribution in [3.8, 4) is 0 Å². The lowest BCUT2D eigenvalue weighted by atomic mass is 9.83. The molecule has 0 saturated heterocycles. The number of nitrogens with two attached hydrogens (primary N) is 1. The van der Waals surface area contributed by atoms with Crippen LogP contribution in [0.5, 0.6) is 0 Å². The lowest BCUT2D eigenvalue weighted by molar-refractivity contribution is -0.0486. The van der Waals surface area contributed by atoms with Crippen molar-refractivity contribution in [3.05, 3.63) is 34.9 Å². The van der Waals surface area contributed by atoms with Crippen molar-refractivity contribution in [2.75, 3.05) is 7.11 Å². The summed E-state index contributed by atoms with van der Waals surface area (Å²) in [6, 6.07) is 6.47. The Morgan fingerprint density at radius 2 is 1.83 bits per heavy atom.